The van der Waals surface area contributed by atoms with Crippen LogP contribution in [0.5, 0.6) is 0 Å². The molecule has 20 heavy (non-hydrogen) atoms. The second-order valence-corrected chi connectivity index (χ2v) is 5.72. The minimum absolute atomic E-state index is 0.0393. The average molecular weight is 272 g/mol. The van der Waals surface area contributed by atoms with Crippen LogP contribution >= 0.6 is 0 Å². The molecule has 2 atom stereocenters. The third-order valence-electron chi connectivity index (χ3n) is 4.26. The molecule has 3 rings (SSSR count). The Hall–Kier alpha value is -1.68. The van der Waals surface area contributed by atoms with E-state index in [9.17, 15) is 9.59 Å². The fraction of sp³-hybridized carbons (Fsp3) is 0.500. The maximum Gasteiger partial charge on any atom is 0.234 e. The molecule has 2 aliphatic rings. The van der Waals surface area contributed by atoms with Crippen molar-refractivity contribution in [1.82, 2.24) is 9.80 Å². The van der Waals surface area contributed by atoms with E-state index < -0.39 is 0 Å². The number of imide groups is 1. The molecule has 2 heterocycles. The first-order chi connectivity index (χ1) is 9.70. The normalized spacial score (nSPS) is 26.4. The number of benzene rings is 1. The summed E-state index contributed by atoms with van der Waals surface area (Å²) in [5, 5.41) is 0. The van der Waals surface area contributed by atoms with Gasteiger partial charge in [-0.2, -0.15) is 0 Å². The summed E-state index contributed by atoms with van der Waals surface area (Å²) >= 11 is 0. The van der Waals surface area contributed by atoms with Crippen molar-refractivity contribution in [3.8, 4) is 0 Å². The molecule has 106 valence electrons. The summed E-state index contributed by atoms with van der Waals surface area (Å²) < 4.78 is 0. The van der Waals surface area contributed by atoms with Crippen molar-refractivity contribution in [1.29, 1.82) is 0 Å². The monoisotopic (exact) mass is 272 g/mol. The van der Waals surface area contributed by atoms with E-state index in [2.05, 4.69) is 17.0 Å². The molecule has 0 aliphatic carbocycles. The minimum Gasteiger partial charge on any atom is -0.297 e. The summed E-state index contributed by atoms with van der Waals surface area (Å²) in [6.45, 7) is 4.82. The third-order valence-corrected chi connectivity index (χ3v) is 4.26. The van der Waals surface area contributed by atoms with E-state index in [4.69, 9.17) is 0 Å². The van der Waals surface area contributed by atoms with Crippen molar-refractivity contribution in [2.24, 2.45) is 11.8 Å². The van der Waals surface area contributed by atoms with Crippen LogP contribution in [0.3, 0.4) is 0 Å². The van der Waals surface area contributed by atoms with E-state index >= 15 is 0 Å². The molecule has 0 radical (unpaired) electrons. The Morgan fingerprint density at radius 3 is 2.20 bits per heavy atom. The first-order valence-corrected chi connectivity index (χ1v) is 7.32. The van der Waals surface area contributed by atoms with Crippen LogP contribution in [0.1, 0.15) is 18.9 Å². The van der Waals surface area contributed by atoms with Crippen molar-refractivity contribution in [2.45, 2.75) is 19.9 Å². The highest BCUT2D eigenvalue weighted by Crippen LogP contribution is 2.34. The zero-order valence-electron chi connectivity index (χ0n) is 11.8. The quantitative estimate of drug-likeness (QED) is 0.780. The van der Waals surface area contributed by atoms with Crippen LogP contribution < -0.4 is 0 Å². The highest BCUT2D eigenvalue weighted by molar-refractivity contribution is 6.05. The fourth-order valence-corrected chi connectivity index (χ4v) is 3.31. The molecule has 0 aromatic heterocycles. The fourth-order valence-electron chi connectivity index (χ4n) is 3.31. The number of hydrogen-bond acceptors (Lipinski definition) is 3. The molecule has 0 N–H and O–H groups in total. The molecule has 0 bridgehead atoms. The number of carbonyl (C=O) groups is 2. The predicted molar refractivity (Wildman–Crippen MR) is 75.7 cm³/mol. The van der Waals surface area contributed by atoms with Crippen molar-refractivity contribution < 1.29 is 9.59 Å². The maximum atomic E-state index is 12.3. The van der Waals surface area contributed by atoms with Crippen LogP contribution in [0.15, 0.2) is 30.3 Å². The lowest BCUT2D eigenvalue weighted by molar-refractivity contribution is -0.140. The summed E-state index contributed by atoms with van der Waals surface area (Å²) in [5.41, 5.74) is 1.23. The molecule has 0 saturated carbocycles. The van der Waals surface area contributed by atoms with Gasteiger partial charge in [0.2, 0.25) is 11.8 Å². The van der Waals surface area contributed by atoms with Crippen LogP contribution in [0.4, 0.5) is 0 Å². The molecule has 2 saturated heterocycles. The van der Waals surface area contributed by atoms with Crippen LogP contribution in [0.25, 0.3) is 0 Å². The van der Waals surface area contributed by atoms with Crippen molar-refractivity contribution in [3.63, 3.8) is 0 Å². The molecule has 1 aromatic rings. The number of likely N-dealkylation sites (tertiary alicyclic amines) is 2. The first kappa shape index (κ1) is 13.3. The number of hydrogen-bond donors (Lipinski definition) is 0. The van der Waals surface area contributed by atoms with Gasteiger partial charge in [0.15, 0.2) is 0 Å². The number of carbonyl (C=O) groups excluding carboxylic acids is 2. The molecule has 2 aliphatic heterocycles. The second kappa shape index (κ2) is 5.37. The van der Waals surface area contributed by atoms with E-state index in [1.807, 2.05) is 25.1 Å². The third kappa shape index (κ3) is 2.24. The van der Waals surface area contributed by atoms with Gasteiger partial charge < -0.3 is 0 Å². The predicted octanol–water partition coefficient (Wildman–Crippen LogP) is 1.51. The maximum absolute atomic E-state index is 12.3. The Labute approximate surface area is 119 Å². The van der Waals surface area contributed by atoms with E-state index in [1.165, 1.54) is 10.5 Å². The highest BCUT2D eigenvalue weighted by atomic mass is 16.2. The van der Waals surface area contributed by atoms with Gasteiger partial charge in [-0.25, -0.2) is 0 Å². The van der Waals surface area contributed by atoms with Crippen LogP contribution in [0.2, 0.25) is 0 Å². The standard InChI is InChI=1S/C16H20N2O2/c1-2-8-18-15(19)13-10-17(11-14(13)16(18)20)9-12-6-4-3-5-7-12/h3-7,13-14H,2,8-11H2,1H3/t13-,14+. The van der Waals surface area contributed by atoms with Crippen molar-refractivity contribution >= 4 is 11.8 Å². The molecule has 0 unspecified atom stereocenters. The topological polar surface area (TPSA) is 40.6 Å². The summed E-state index contributed by atoms with van der Waals surface area (Å²) in [4.78, 5) is 28.2. The van der Waals surface area contributed by atoms with Gasteiger partial charge in [-0.3, -0.25) is 19.4 Å². The lowest BCUT2D eigenvalue weighted by Crippen LogP contribution is -2.36. The smallest absolute Gasteiger partial charge is 0.234 e. The zero-order chi connectivity index (χ0) is 14.1. The minimum atomic E-state index is -0.113. The summed E-state index contributed by atoms with van der Waals surface area (Å²) in [6, 6.07) is 10.2. The van der Waals surface area contributed by atoms with E-state index in [-0.39, 0.29) is 23.7 Å². The van der Waals surface area contributed by atoms with Gasteiger partial charge in [0, 0.05) is 26.2 Å². The van der Waals surface area contributed by atoms with E-state index in [0.29, 0.717) is 19.6 Å². The number of nitrogens with zero attached hydrogens (tertiary/aromatic N) is 2. The molecule has 0 spiro atoms. The van der Waals surface area contributed by atoms with Crippen LogP contribution in [0, 0.1) is 11.8 Å². The summed E-state index contributed by atoms with van der Waals surface area (Å²) in [7, 11) is 0. The highest BCUT2D eigenvalue weighted by Gasteiger charge is 2.51. The van der Waals surface area contributed by atoms with E-state index in [0.717, 1.165) is 13.0 Å². The van der Waals surface area contributed by atoms with Crippen molar-refractivity contribution in [3.05, 3.63) is 35.9 Å². The Morgan fingerprint density at radius 1 is 1.05 bits per heavy atom. The Bertz CT molecular complexity index is 490. The van der Waals surface area contributed by atoms with Gasteiger partial charge in [0.05, 0.1) is 11.8 Å². The zero-order valence-corrected chi connectivity index (χ0v) is 11.8. The molecule has 4 nitrogen and oxygen atoms in total. The summed E-state index contributed by atoms with van der Waals surface area (Å²) in [6.07, 6.45) is 0.838. The Balaban J connectivity index is 1.67. The SMILES string of the molecule is CCCN1C(=O)[C@H]2CN(Cc3ccccc3)C[C@H]2C1=O. The molecule has 2 fully saturated rings. The lowest BCUT2D eigenvalue weighted by atomic mass is 10.00. The van der Waals surface area contributed by atoms with Crippen LogP contribution in [-0.2, 0) is 16.1 Å². The number of fused-ring (bicyclic) bond motifs is 1. The second-order valence-electron chi connectivity index (χ2n) is 5.72. The molecule has 2 amide bonds. The first-order valence-electron chi connectivity index (χ1n) is 7.32. The Kier molecular flexibility index (Phi) is 3.57. The molecule has 1 aromatic carbocycles. The largest absolute Gasteiger partial charge is 0.297 e. The van der Waals surface area contributed by atoms with Gasteiger partial charge in [0.25, 0.3) is 0 Å². The van der Waals surface area contributed by atoms with Gasteiger partial charge in [-0.1, -0.05) is 37.3 Å². The summed E-state index contributed by atoms with van der Waals surface area (Å²) in [5.74, 6) is -0.148. The number of rotatable bonds is 4. The Morgan fingerprint density at radius 2 is 1.65 bits per heavy atom. The van der Waals surface area contributed by atoms with Crippen molar-refractivity contribution in [2.75, 3.05) is 19.6 Å². The van der Waals surface area contributed by atoms with Crippen LogP contribution in [-0.4, -0.2) is 41.2 Å². The van der Waals surface area contributed by atoms with Gasteiger partial charge >= 0.3 is 0 Å². The lowest BCUT2D eigenvalue weighted by Gasteiger charge is -2.20. The molecular formula is C16H20N2O2. The van der Waals surface area contributed by atoms with Gasteiger partial charge in [-0.05, 0) is 12.0 Å². The molecule has 4 heteroatoms. The number of amides is 2. The van der Waals surface area contributed by atoms with E-state index in [1.54, 1.807) is 0 Å². The van der Waals surface area contributed by atoms with Gasteiger partial charge in [0.1, 0.15) is 0 Å². The average Bonchev–Trinajstić information content (AvgIpc) is 2.96. The molecular weight excluding hydrogens is 252 g/mol. The van der Waals surface area contributed by atoms with Gasteiger partial charge in [-0.15, -0.1) is 0 Å².